The van der Waals surface area contributed by atoms with E-state index >= 15 is 0 Å². The highest BCUT2D eigenvalue weighted by molar-refractivity contribution is 6.31. The predicted octanol–water partition coefficient (Wildman–Crippen LogP) is 4.29. The second-order valence-electron chi connectivity index (χ2n) is 8.93. The smallest absolute Gasteiger partial charge is 0.255 e. The Labute approximate surface area is 196 Å². The molecule has 32 heavy (non-hydrogen) atoms. The molecular formula is C25H34ClN5O. The number of piperidine rings is 1. The van der Waals surface area contributed by atoms with E-state index < -0.39 is 0 Å². The van der Waals surface area contributed by atoms with Crippen LogP contribution >= 0.6 is 11.6 Å². The van der Waals surface area contributed by atoms with Crippen molar-refractivity contribution >= 4 is 29.0 Å². The number of nitrogens with one attached hydrogen (secondary N) is 1. The number of halogens is 1. The molecule has 2 aliphatic heterocycles. The fourth-order valence-electron chi connectivity index (χ4n) is 4.60. The molecule has 1 aromatic carbocycles. The van der Waals surface area contributed by atoms with Gasteiger partial charge in [0.2, 0.25) is 0 Å². The predicted molar refractivity (Wildman–Crippen MR) is 132 cm³/mol. The summed E-state index contributed by atoms with van der Waals surface area (Å²) in [5.74, 6) is 0.683. The monoisotopic (exact) mass is 455 g/mol. The summed E-state index contributed by atoms with van der Waals surface area (Å²) >= 11 is 6.07. The van der Waals surface area contributed by atoms with Crippen molar-refractivity contribution in [1.82, 2.24) is 14.8 Å². The second-order valence-corrected chi connectivity index (χ2v) is 9.37. The molecule has 3 heterocycles. The summed E-state index contributed by atoms with van der Waals surface area (Å²) in [4.78, 5) is 25.0. The number of likely N-dealkylation sites (tertiary alicyclic amines) is 1. The van der Waals surface area contributed by atoms with Gasteiger partial charge in [-0.2, -0.15) is 0 Å². The SMILES string of the molecule is Cc1cnc(N2CCCN(CCN3CCCCC3)CC2)c(NC(=O)c2cccc(Cl)c2)c1. The van der Waals surface area contributed by atoms with Gasteiger partial charge < -0.3 is 20.0 Å². The van der Waals surface area contributed by atoms with Gasteiger partial charge in [-0.3, -0.25) is 4.79 Å². The maximum atomic E-state index is 12.8. The first-order chi connectivity index (χ1) is 15.6. The van der Waals surface area contributed by atoms with Crippen molar-refractivity contribution in [2.45, 2.75) is 32.6 Å². The normalized spacial score (nSPS) is 18.4. The van der Waals surface area contributed by atoms with Crippen LogP contribution in [0.5, 0.6) is 0 Å². The number of carbonyl (C=O) groups excluding carboxylic acids is 1. The zero-order valence-electron chi connectivity index (χ0n) is 19.0. The number of rotatable bonds is 6. The van der Waals surface area contributed by atoms with E-state index in [1.54, 1.807) is 24.3 Å². The largest absolute Gasteiger partial charge is 0.354 e. The third-order valence-electron chi connectivity index (χ3n) is 6.41. The van der Waals surface area contributed by atoms with Crippen LogP contribution < -0.4 is 10.2 Å². The lowest BCUT2D eigenvalue weighted by Gasteiger charge is -2.29. The van der Waals surface area contributed by atoms with Crippen LogP contribution in [0.1, 0.15) is 41.6 Å². The third-order valence-corrected chi connectivity index (χ3v) is 6.64. The van der Waals surface area contributed by atoms with E-state index in [4.69, 9.17) is 16.6 Å². The first-order valence-corrected chi connectivity index (χ1v) is 12.2. The number of hydrogen-bond donors (Lipinski definition) is 1. The quantitative estimate of drug-likeness (QED) is 0.704. The molecule has 0 atom stereocenters. The Balaban J connectivity index is 1.40. The summed E-state index contributed by atoms with van der Waals surface area (Å²) in [5, 5.41) is 3.62. The Morgan fingerprint density at radius 1 is 0.969 bits per heavy atom. The average molecular weight is 456 g/mol. The van der Waals surface area contributed by atoms with Crippen LogP contribution in [-0.4, -0.2) is 73.0 Å². The highest BCUT2D eigenvalue weighted by Crippen LogP contribution is 2.26. The number of aromatic nitrogens is 1. The van der Waals surface area contributed by atoms with Gasteiger partial charge >= 0.3 is 0 Å². The standard InChI is InChI=1S/C25H34ClN5O/c1-20-17-23(28-25(32)21-7-5-8-22(26)18-21)24(27-19-20)31-12-6-11-30(15-16-31)14-13-29-9-3-2-4-10-29/h5,7-8,17-19H,2-4,6,9-16H2,1H3,(H,28,32). The minimum atomic E-state index is -0.167. The molecule has 0 bridgehead atoms. The molecule has 0 spiro atoms. The Morgan fingerprint density at radius 3 is 2.50 bits per heavy atom. The number of benzene rings is 1. The third kappa shape index (κ3) is 6.21. The molecule has 2 aliphatic rings. The summed E-state index contributed by atoms with van der Waals surface area (Å²) in [7, 11) is 0. The number of anilines is 2. The van der Waals surface area contributed by atoms with Gasteiger partial charge in [-0.1, -0.05) is 24.1 Å². The summed E-state index contributed by atoms with van der Waals surface area (Å²) in [6.45, 7) is 10.8. The number of hydrogen-bond acceptors (Lipinski definition) is 5. The molecule has 2 saturated heterocycles. The summed E-state index contributed by atoms with van der Waals surface area (Å²) in [6.07, 6.45) is 7.04. The van der Waals surface area contributed by atoms with Gasteiger partial charge in [0.05, 0.1) is 5.69 Å². The first kappa shape index (κ1) is 23.0. The molecule has 2 aromatic rings. The fraction of sp³-hybridized carbons (Fsp3) is 0.520. The van der Waals surface area contributed by atoms with Crippen LogP contribution in [0.4, 0.5) is 11.5 Å². The summed E-state index contributed by atoms with van der Waals surface area (Å²) in [5.41, 5.74) is 2.33. The number of pyridine rings is 1. The van der Waals surface area contributed by atoms with E-state index in [-0.39, 0.29) is 5.91 Å². The minimum Gasteiger partial charge on any atom is -0.354 e. The maximum Gasteiger partial charge on any atom is 0.255 e. The van der Waals surface area contributed by atoms with Crippen LogP contribution in [-0.2, 0) is 0 Å². The highest BCUT2D eigenvalue weighted by Gasteiger charge is 2.21. The Hall–Kier alpha value is -2.15. The molecule has 1 aromatic heterocycles. The van der Waals surface area contributed by atoms with Gasteiger partial charge in [-0.25, -0.2) is 4.98 Å². The summed E-state index contributed by atoms with van der Waals surface area (Å²) in [6, 6.07) is 9.03. The van der Waals surface area contributed by atoms with Crippen LogP contribution in [0.15, 0.2) is 36.5 Å². The molecule has 7 heteroatoms. The molecular weight excluding hydrogens is 422 g/mol. The van der Waals surface area contributed by atoms with Gasteiger partial charge in [0, 0.05) is 49.5 Å². The van der Waals surface area contributed by atoms with Crippen molar-refractivity contribution in [3.05, 3.63) is 52.7 Å². The number of nitrogens with zero attached hydrogens (tertiary/aromatic N) is 4. The molecule has 1 amide bonds. The zero-order chi connectivity index (χ0) is 22.3. The molecule has 172 valence electrons. The maximum absolute atomic E-state index is 12.8. The van der Waals surface area contributed by atoms with Gasteiger partial charge in [0.15, 0.2) is 5.82 Å². The minimum absolute atomic E-state index is 0.167. The topological polar surface area (TPSA) is 51.7 Å². The van der Waals surface area contributed by atoms with E-state index in [0.29, 0.717) is 10.6 Å². The van der Waals surface area contributed by atoms with Gasteiger partial charge in [0.1, 0.15) is 0 Å². The Kier molecular flexibility index (Phi) is 8.00. The van der Waals surface area contributed by atoms with E-state index in [1.165, 1.54) is 38.9 Å². The van der Waals surface area contributed by atoms with Gasteiger partial charge in [-0.05, 0) is 75.6 Å². The van der Waals surface area contributed by atoms with Crippen molar-refractivity contribution < 1.29 is 4.79 Å². The van der Waals surface area contributed by atoms with E-state index in [2.05, 4.69) is 20.0 Å². The lowest BCUT2D eigenvalue weighted by atomic mass is 10.1. The molecule has 0 unspecified atom stereocenters. The van der Waals surface area contributed by atoms with Crippen molar-refractivity contribution in [3.63, 3.8) is 0 Å². The van der Waals surface area contributed by atoms with Crippen LogP contribution in [0.2, 0.25) is 5.02 Å². The lowest BCUT2D eigenvalue weighted by molar-refractivity contribution is 0.102. The van der Waals surface area contributed by atoms with E-state index in [9.17, 15) is 4.79 Å². The summed E-state index contributed by atoms with van der Waals surface area (Å²) < 4.78 is 0. The van der Waals surface area contributed by atoms with Crippen molar-refractivity contribution in [2.24, 2.45) is 0 Å². The lowest BCUT2D eigenvalue weighted by Crippen LogP contribution is -2.39. The van der Waals surface area contributed by atoms with Crippen LogP contribution in [0.3, 0.4) is 0 Å². The van der Waals surface area contributed by atoms with Gasteiger partial charge in [-0.15, -0.1) is 0 Å². The molecule has 0 radical (unpaired) electrons. The van der Waals surface area contributed by atoms with Crippen molar-refractivity contribution in [3.8, 4) is 0 Å². The number of amides is 1. The van der Waals surface area contributed by atoms with E-state index in [0.717, 1.165) is 56.2 Å². The molecule has 4 rings (SSSR count). The molecule has 0 aliphatic carbocycles. The Morgan fingerprint density at radius 2 is 1.72 bits per heavy atom. The highest BCUT2D eigenvalue weighted by atomic mass is 35.5. The second kappa shape index (κ2) is 11.1. The van der Waals surface area contributed by atoms with Crippen molar-refractivity contribution in [1.29, 1.82) is 0 Å². The molecule has 6 nitrogen and oxygen atoms in total. The first-order valence-electron chi connectivity index (χ1n) is 11.8. The molecule has 1 N–H and O–H groups in total. The average Bonchev–Trinajstić information content (AvgIpc) is 3.04. The number of carbonyl (C=O) groups is 1. The number of aryl methyl sites for hydroxylation is 1. The van der Waals surface area contributed by atoms with E-state index in [1.807, 2.05) is 19.2 Å². The molecule has 2 fully saturated rings. The Bertz CT molecular complexity index is 915. The van der Waals surface area contributed by atoms with Crippen LogP contribution in [0.25, 0.3) is 0 Å². The fourth-order valence-corrected chi connectivity index (χ4v) is 4.79. The zero-order valence-corrected chi connectivity index (χ0v) is 19.8. The van der Waals surface area contributed by atoms with Crippen molar-refractivity contribution in [2.75, 3.05) is 62.6 Å². The van der Waals surface area contributed by atoms with Gasteiger partial charge in [0.25, 0.3) is 5.91 Å². The van der Waals surface area contributed by atoms with Crippen LogP contribution in [0, 0.1) is 6.92 Å². The molecule has 0 saturated carbocycles.